The zero-order valence-electron chi connectivity index (χ0n) is 11.6. The SMILES string of the molecule is CC(=O)C(C)CC(=O)c1cc2c(F)c(O)c(CO)cc2s1. The van der Waals surface area contributed by atoms with Gasteiger partial charge in [0.1, 0.15) is 5.78 Å². The van der Waals surface area contributed by atoms with Gasteiger partial charge in [0.15, 0.2) is 17.3 Å². The highest BCUT2D eigenvalue weighted by atomic mass is 32.1. The number of Topliss-reactive ketones (excluding diaryl/α,β-unsaturated/α-hetero) is 2. The third kappa shape index (κ3) is 2.96. The first kappa shape index (κ1) is 15.6. The smallest absolute Gasteiger partial charge is 0.173 e. The van der Waals surface area contributed by atoms with Crippen molar-refractivity contribution in [3.8, 4) is 5.75 Å². The summed E-state index contributed by atoms with van der Waals surface area (Å²) in [5.41, 5.74) is 0.0814. The van der Waals surface area contributed by atoms with Gasteiger partial charge in [-0.3, -0.25) is 9.59 Å². The number of aliphatic hydroxyl groups excluding tert-OH is 1. The molecule has 1 heterocycles. The van der Waals surface area contributed by atoms with Crippen molar-refractivity contribution >= 4 is 33.0 Å². The van der Waals surface area contributed by atoms with Crippen LogP contribution in [0.1, 0.15) is 35.5 Å². The first-order chi connectivity index (χ1) is 9.85. The Labute approximate surface area is 124 Å². The lowest BCUT2D eigenvalue weighted by Gasteiger charge is -2.04. The van der Waals surface area contributed by atoms with Crippen molar-refractivity contribution in [2.45, 2.75) is 26.9 Å². The van der Waals surface area contributed by atoms with Gasteiger partial charge in [-0.2, -0.15) is 0 Å². The highest BCUT2D eigenvalue weighted by molar-refractivity contribution is 7.20. The minimum Gasteiger partial charge on any atom is -0.505 e. The third-order valence-electron chi connectivity index (χ3n) is 3.45. The lowest BCUT2D eigenvalue weighted by Crippen LogP contribution is -2.11. The van der Waals surface area contributed by atoms with Crippen molar-refractivity contribution in [2.75, 3.05) is 0 Å². The van der Waals surface area contributed by atoms with E-state index in [9.17, 15) is 19.1 Å². The van der Waals surface area contributed by atoms with Gasteiger partial charge >= 0.3 is 0 Å². The van der Waals surface area contributed by atoms with Crippen LogP contribution in [-0.4, -0.2) is 21.8 Å². The molecule has 0 aliphatic rings. The quantitative estimate of drug-likeness (QED) is 0.832. The zero-order chi connectivity index (χ0) is 15.7. The van der Waals surface area contributed by atoms with Gasteiger partial charge < -0.3 is 10.2 Å². The minimum atomic E-state index is -0.841. The highest BCUT2D eigenvalue weighted by Gasteiger charge is 2.20. The molecule has 0 radical (unpaired) electrons. The number of halogens is 1. The third-order valence-corrected chi connectivity index (χ3v) is 4.57. The van der Waals surface area contributed by atoms with E-state index in [-0.39, 0.29) is 34.9 Å². The number of hydrogen-bond acceptors (Lipinski definition) is 5. The van der Waals surface area contributed by atoms with Gasteiger partial charge in [0.05, 0.1) is 11.5 Å². The molecular weight excluding hydrogens is 295 g/mol. The van der Waals surface area contributed by atoms with Crippen LogP contribution in [0.5, 0.6) is 5.75 Å². The Bertz CT molecular complexity index is 720. The van der Waals surface area contributed by atoms with Crippen LogP contribution in [0.2, 0.25) is 0 Å². The molecule has 0 saturated heterocycles. The number of phenols is 1. The lowest BCUT2D eigenvalue weighted by atomic mass is 10.00. The van der Waals surface area contributed by atoms with Gasteiger partial charge in [-0.25, -0.2) is 4.39 Å². The van der Waals surface area contributed by atoms with E-state index < -0.39 is 18.2 Å². The van der Waals surface area contributed by atoms with Gasteiger partial charge in [-0.1, -0.05) is 6.92 Å². The molecule has 2 aromatic rings. The fourth-order valence-electron chi connectivity index (χ4n) is 1.96. The Hall–Kier alpha value is -1.79. The second kappa shape index (κ2) is 5.91. The van der Waals surface area contributed by atoms with E-state index in [1.54, 1.807) is 6.92 Å². The van der Waals surface area contributed by atoms with Gasteiger partial charge in [-0.05, 0) is 19.1 Å². The van der Waals surface area contributed by atoms with Crippen molar-refractivity contribution < 1.29 is 24.2 Å². The van der Waals surface area contributed by atoms with Gasteiger partial charge in [0.25, 0.3) is 0 Å². The van der Waals surface area contributed by atoms with E-state index in [0.29, 0.717) is 9.58 Å². The van der Waals surface area contributed by atoms with Crippen LogP contribution < -0.4 is 0 Å². The summed E-state index contributed by atoms with van der Waals surface area (Å²) in [6, 6.07) is 2.84. The summed E-state index contributed by atoms with van der Waals surface area (Å²) in [7, 11) is 0. The molecule has 1 aromatic carbocycles. The molecule has 0 fully saturated rings. The second-order valence-electron chi connectivity index (χ2n) is 5.02. The molecule has 1 unspecified atom stereocenters. The number of hydrogen-bond donors (Lipinski definition) is 2. The molecule has 0 saturated carbocycles. The molecule has 2 N–H and O–H groups in total. The lowest BCUT2D eigenvalue weighted by molar-refractivity contribution is -0.120. The molecule has 4 nitrogen and oxygen atoms in total. The van der Waals surface area contributed by atoms with E-state index in [1.807, 2.05) is 0 Å². The second-order valence-corrected chi connectivity index (χ2v) is 6.10. The summed E-state index contributed by atoms with van der Waals surface area (Å²) < 4.78 is 14.5. The van der Waals surface area contributed by atoms with Gasteiger partial charge in [-0.15, -0.1) is 11.3 Å². The van der Waals surface area contributed by atoms with Crippen molar-refractivity contribution in [3.63, 3.8) is 0 Å². The number of aliphatic hydroxyl groups is 1. The highest BCUT2D eigenvalue weighted by Crippen LogP contribution is 2.35. The standard InChI is InChI=1S/C15H15FO4S/c1-7(8(2)18)3-11(19)13-5-10-12(21-13)4-9(6-17)15(20)14(10)16/h4-5,7,17,20H,3,6H2,1-2H3. The zero-order valence-corrected chi connectivity index (χ0v) is 12.5. The number of carbonyl (C=O) groups is 2. The fraction of sp³-hybridized carbons (Fsp3) is 0.333. The Morgan fingerprint density at radius 2 is 2.05 bits per heavy atom. The number of carbonyl (C=O) groups excluding carboxylic acids is 2. The summed E-state index contributed by atoms with van der Waals surface area (Å²) in [5.74, 6) is -2.13. The van der Waals surface area contributed by atoms with E-state index >= 15 is 0 Å². The molecule has 0 spiro atoms. The number of rotatable bonds is 5. The predicted molar refractivity (Wildman–Crippen MR) is 78.2 cm³/mol. The normalized spacial score (nSPS) is 12.6. The fourth-order valence-corrected chi connectivity index (χ4v) is 3.03. The molecule has 6 heteroatoms. The molecule has 2 rings (SSSR count). The summed E-state index contributed by atoms with van der Waals surface area (Å²) in [6.45, 7) is 2.61. The monoisotopic (exact) mass is 310 g/mol. The van der Waals surface area contributed by atoms with Gasteiger partial charge in [0.2, 0.25) is 0 Å². The Morgan fingerprint density at radius 3 is 2.62 bits per heavy atom. The number of ketones is 2. The number of fused-ring (bicyclic) bond motifs is 1. The summed E-state index contributed by atoms with van der Waals surface area (Å²) in [4.78, 5) is 23.6. The van der Waals surface area contributed by atoms with Crippen molar-refractivity contribution in [2.24, 2.45) is 5.92 Å². The van der Waals surface area contributed by atoms with Crippen molar-refractivity contribution in [3.05, 3.63) is 28.4 Å². The molecule has 0 aliphatic heterocycles. The Morgan fingerprint density at radius 1 is 1.38 bits per heavy atom. The summed E-state index contributed by atoms with van der Waals surface area (Å²) in [5, 5.41) is 18.8. The van der Waals surface area contributed by atoms with Crippen LogP contribution in [-0.2, 0) is 11.4 Å². The maximum atomic E-state index is 14.0. The molecule has 0 aliphatic carbocycles. The van der Waals surface area contributed by atoms with Crippen LogP contribution in [0.3, 0.4) is 0 Å². The molecule has 1 aromatic heterocycles. The molecular formula is C15H15FO4S. The maximum Gasteiger partial charge on any atom is 0.173 e. The number of thiophene rings is 1. The topological polar surface area (TPSA) is 74.6 Å². The minimum absolute atomic E-state index is 0.0720. The molecule has 21 heavy (non-hydrogen) atoms. The largest absolute Gasteiger partial charge is 0.505 e. The van der Waals surface area contributed by atoms with E-state index in [2.05, 4.69) is 0 Å². The average Bonchev–Trinajstić information content (AvgIpc) is 2.86. The van der Waals surface area contributed by atoms with Crippen LogP contribution in [0.4, 0.5) is 4.39 Å². The van der Waals surface area contributed by atoms with E-state index in [0.717, 1.165) is 11.3 Å². The molecule has 0 amide bonds. The first-order valence-corrected chi connectivity index (χ1v) is 7.25. The van der Waals surface area contributed by atoms with Crippen molar-refractivity contribution in [1.82, 2.24) is 0 Å². The van der Waals surface area contributed by atoms with Crippen LogP contribution >= 0.6 is 11.3 Å². The van der Waals surface area contributed by atoms with E-state index in [4.69, 9.17) is 5.11 Å². The molecule has 1 atom stereocenters. The van der Waals surface area contributed by atoms with Crippen LogP contribution in [0, 0.1) is 11.7 Å². The maximum absolute atomic E-state index is 14.0. The van der Waals surface area contributed by atoms with E-state index in [1.165, 1.54) is 19.1 Å². The predicted octanol–water partition coefficient (Wildman–Crippen LogP) is 3.04. The van der Waals surface area contributed by atoms with Gasteiger partial charge in [0, 0.05) is 28.0 Å². The Balaban J connectivity index is 2.41. The molecule has 112 valence electrons. The number of benzene rings is 1. The number of aromatic hydroxyl groups is 1. The Kier molecular flexibility index (Phi) is 4.39. The average molecular weight is 310 g/mol. The summed E-state index contributed by atoms with van der Waals surface area (Å²) >= 11 is 1.09. The molecule has 0 bridgehead atoms. The van der Waals surface area contributed by atoms with Crippen molar-refractivity contribution in [1.29, 1.82) is 0 Å². The van der Waals surface area contributed by atoms with Crippen LogP contribution in [0.25, 0.3) is 10.1 Å². The summed E-state index contributed by atoms with van der Waals surface area (Å²) in [6.07, 6.45) is 0.0720. The first-order valence-electron chi connectivity index (χ1n) is 6.43. The van der Waals surface area contributed by atoms with Crippen LogP contribution in [0.15, 0.2) is 12.1 Å².